The van der Waals surface area contributed by atoms with E-state index in [0.29, 0.717) is 28.4 Å². The van der Waals surface area contributed by atoms with E-state index in [4.69, 9.17) is 25.8 Å². The van der Waals surface area contributed by atoms with Gasteiger partial charge in [-0.3, -0.25) is 4.79 Å². The maximum atomic E-state index is 11.5. The van der Waals surface area contributed by atoms with E-state index in [1.54, 1.807) is 38.5 Å². The van der Waals surface area contributed by atoms with Gasteiger partial charge in [-0.2, -0.15) is 0 Å². The zero-order valence-corrected chi connectivity index (χ0v) is 12.7. The summed E-state index contributed by atoms with van der Waals surface area (Å²) in [4.78, 5) is 11.5. The van der Waals surface area contributed by atoms with E-state index < -0.39 is 5.24 Å². The van der Waals surface area contributed by atoms with Gasteiger partial charge in [0.25, 0.3) is 5.24 Å². The van der Waals surface area contributed by atoms with Crippen LogP contribution in [-0.2, 0) is 0 Å². The van der Waals surface area contributed by atoms with E-state index >= 15 is 0 Å². The molecule has 0 spiro atoms. The molecule has 0 aliphatic carbocycles. The molecule has 0 fully saturated rings. The van der Waals surface area contributed by atoms with Crippen molar-refractivity contribution in [2.75, 3.05) is 21.3 Å². The Kier molecular flexibility index (Phi) is 4.70. The summed E-state index contributed by atoms with van der Waals surface area (Å²) < 4.78 is 15.9. The molecule has 0 radical (unpaired) electrons. The predicted molar refractivity (Wildman–Crippen MR) is 81.7 cm³/mol. The molecule has 2 aromatic carbocycles. The first-order valence-corrected chi connectivity index (χ1v) is 6.59. The fourth-order valence-electron chi connectivity index (χ4n) is 2.14. The van der Waals surface area contributed by atoms with Gasteiger partial charge in [0.2, 0.25) is 5.75 Å². The lowest BCUT2D eigenvalue weighted by Crippen LogP contribution is -1.98. The summed E-state index contributed by atoms with van der Waals surface area (Å²) in [7, 11) is 4.62. The van der Waals surface area contributed by atoms with Gasteiger partial charge in [-0.05, 0) is 40.9 Å². The summed E-state index contributed by atoms with van der Waals surface area (Å²) in [6, 6.07) is 10.6. The normalized spacial score (nSPS) is 10.1. The van der Waals surface area contributed by atoms with Gasteiger partial charge in [0.1, 0.15) is 0 Å². The molecule has 0 bridgehead atoms. The molecule has 0 aliphatic rings. The number of hydrogen-bond acceptors (Lipinski definition) is 4. The highest BCUT2D eigenvalue weighted by atomic mass is 35.5. The fourth-order valence-corrected chi connectivity index (χ4v) is 2.31. The van der Waals surface area contributed by atoms with Gasteiger partial charge >= 0.3 is 0 Å². The molecular weight excluding hydrogens is 292 g/mol. The summed E-state index contributed by atoms with van der Waals surface area (Å²) in [5, 5.41) is -0.514. The second-order valence-electron chi connectivity index (χ2n) is 4.23. The summed E-state index contributed by atoms with van der Waals surface area (Å²) in [6.07, 6.45) is 0. The Morgan fingerprint density at radius 3 is 2.00 bits per heavy atom. The molecule has 0 aliphatic heterocycles. The van der Waals surface area contributed by atoms with E-state index in [1.807, 2.05) is 12.1 Å². The molecule has 0 saturated heterocycles. The number of carbonyl (C=O) groups excluding carboxylic acids is 1. The number of rotatable bonds is 5. The van der Waals surface area contributed by atoms with Crippen LogP contribution in [0.5, 0.6) is 17.2 Å². The largest absolute Gasteiger partial charge is 0.493 e. The van der Waals surface area contributed by atoms with Gasteiger partial charge in [-0.25, -0.2) is 0 Å². The Labute approximate surface area is 128 Å². The Bertz CT molecular complexity index is 642. The lowest BCUT2D eigenvalue weighted by molar-refractivity contribution is 0.108. The second-order valence-corrected chi connectivity index (χ2v) is 4.58. The summed E-state index contributed by atoms with van der Waals surface area (Å²) in [6.45, 7) is 0. The topological polar surface area (TPSA) is 44.8 Å². The van der Waals surface area contributed by atoms with Gasteiger partial charge in [0.05, 0.1) is 21.3 Å². The molecule has 110 valence electrons. The smallest absolute Gasteiger partial charge is 0.253 e. The highest BCUT2D eigenvalue weighted by Gasteiger charge is 2.17. The Hall–Kier alpha value is -2.20. The molecular formula is C16H15ClO4. The van der Waals surface area contributed by atoms with Crippen molar-refractivity contribution in [1.82, 2.24) is 0 Å². The minimum absolute atomic E-state index is 0.424. The van der Waals surface area contributed by atoms with Crippen molar-refractivity contribution in [3.05, 3.63) is 42.0 Å². The Morgan fingerprint density at radius 2 is 1.52 bits per heavy atom. The molecule has 0 heterocycles. The van der Waals surface area contributed by atoms with Crippen LogP contribution in [0.4, 0.5) is 0 Å². The van der Waals surface area contributed by atoms with Gasteiger partial charge in [-0.1, -0.05) is 18.2 Å². The van der Waals surface area contributed by atoms with Crippen LogP contribution in [0, 0.1) is 0 Å². The van der Waals surface area contributed by atoms with Gasteiger partial charge in [0, 0.05) is 5.56 Å². The number of halogens is 1. The van der Waals surface area contributed by atoms with Crippen molar-refractivity contribution in [2.24, 2.45) is 0 Å². The standard InChI is InChI=1S/C16H15ClO4/c1-19-13-8-10(9-14(20-2)15(13)21-3)11-6-4-5-7-12(11)16(17)18/h4-9H,1-3H3. The minimum Gasteiger partial charge on any atom is -0.493 e. The maximum absolute atomic E-state index is 11.5. The fraction of sp³-hybridized carbons (Fsp3) is 0.188. The third kappa shape index (κ3) is 2.95. The average molecular weight is 307 g/mol. The molecule has 5 heteroatoms. The summed E-state index contributed by atoms with van der Waals surface area (Å²) >= 11 is 5.64. The molecule has 21 heavy (non-hydrogen) atoms. The van der Waals surface area contributed by atoms with Crippen LogP contribution >= 0.6 is 11.6 Å². The van der Waals surface area contributed by atoms with Crippen molar-refractivity contribution in [1.29, 1.82) is 0 Å². The van der Waals surface area contributed by atoms with Crippen molar-refractivity contribution >= 4 is 16.8 Å². The van der Waals surface area contributed by atoms with Crippen molar-refractivity contribution in [3.63, 3.8) is 0 Å². The first kappa shape index (κ1) is 15.2. The van der Waals surface area contributed by atoms with Gasteiger partial charge in [0.15, 0.2) is 11.5 Å². The Morgan fingerprint density at radius 1 is 0.952 bits per heavy atom. The van der Waals surface area contributed by atoms with Gasteiger partial charge < -0.3 is 14.2 Å². The van der Waals surface area contributed by atoms with E-state index in [1.165, 1.54) is 7.11 Å². The van der Waals surface area contributed by atoms with E-state index in [2.05, 4.69) is 0 Å². The monoisotopic (exact) mass is 306 g/mol. The lowest BCUT2D eigenvalue weighted by atomic mass is 9.99. The number of hydrogen-bond donors (Lipinski definition) is 0. The van der Waals surface area contributed by atoms with E-state index in [-0.39, 0.29) is 0 Å². The van der Waals surface area contributed by atoms with Crippen molar-refractivity contribution in [3.8, 4) is 28.4 Å². The predicted octanol–water partition coefficient (Wildman–Crippen LogP) is 3.76. The van der Waals surface area contributed by atoms with E-state index in [9.17, 15) is 4.79 Å². The van der Waals surface area contributed by atoms with Crippen LogP contribution in [0.15, 0.2) is 36.4 Å². The molecule has 0 saturated carbocycles. The van der Waals surface area contributed by atoms with Gasteiger partial charge in [-0.15, -0.1) is 0 Å². The zero-order chi connectivity index (χ0) is 15.4. The average Bonchev–Trinajstić information content (AvgIpc) is 2.53. The third-order valence-electron chi connectivity index (χ3n) is 3.11. The molecule has 2 rings (SSSR count). The van der Waals surface area contributed by atoms with E-state index in [0.717, 1.165) is 5.56 Å². The SMILES string of the molecule is COc1cc(-c2ccccc2C(=O)Cl)cc(OC)c1OC. The highest BCUT2D eigenvalue weighted by Crippen LogP contribution is 2.41. The molecule has 0 atom stereocenters. The summed E-state index contributed by atoms with van der Waals surface area (Å²) in [5.41, 5.74) is 1.89. The maximum Gasteiger partial charge on any atom is 0.253 e. The van der Waals surface area contributed by atoms with Crippen molar-refractivity contribution < 1.29 is 19.0 Å². The first-order valence-electron chi connectivity index (χ1n) is 6.21. The molecule has 0 aromatic heterocycles. The van der Waals surface area contributed by atoms with Crippen LogP contribution in [0.3, 0.4) is 0 Å². The Balaban J connectivity index is 2.68. The van der Waals surface area contributed by atoms with Crippen LogP contribution in [0.1, 0.15) is 10.4 Å². The highest BCUT2D eigenvalue weighted by molar-refractivity contribution is 6.68. The number of methoxy groups -OCH3 is 3. The molecule has 2 aromatic rings. The third-order valence-corrected chi connectivity index (χ3v) is 3.32. The van der Waals surface area contributed by atoms with Crippen LogP contribution in [0.25, 0.3) is 11.1 Å². The number of benzene rings is 2. The molecule has 0 unspecified atom stereocenters. The second kappa shape index (κ2) is 6.50. The molecule has 0 amide bonds. The lowest BCUT2D eigenvalue weighted by Gasteiger charge is -2.15. The van der Waals surface area contributed by atoms with Crippen LogP contribution in [0.2, 0.25) is 0 Å². The summed E-state index contributed by atoms with van der Waals surface area (Å²) in [5.74, 6) is 1.53. The first-order chi connectivity index (χ1) is 10.1. The van der Waals surface area contributed by atoms with Crippen LogP contribution < -0.4 is 14.2 Å². The minimum atomic E-state index is -0.514. The zero-order valence-electron chi connectivity index (χ0n) is 12.0. The number of carbonyl (C=O) groups is 1. The van der Waals surface area contributed by atoms with Crippen LogP contribution in [-0.4, -0.2) is 26.6 Å². The molecule has 4 nitrogen and oxygen atoms in total. The van der Waals surface area contributed by atoms with Crippen molar-refractivity contribution in [2.45, 2.75) is 0 Å². The number of ether oxygens (including phenoxy) is 3. The quantitative estimate of drug-likeness (QED) is 0.789. The molecule has 0 N–H and O–H groups in total.